The number of aromatic amines is 1. The van der Waals surface area contributed by atoms with Gasteiger partial charge in [-0.3, -0.25) is 9.89 Å². The number of nitrogens with zero attached hydrogens (tertiary/aromatic N) is 3. The van der Waals surface area contributed by atoms with Gasteiger partial charge < -0.3 is 10.0 Å². The molecule has 1 fully saturated rings. The molecule has 2 rings (SSSR count). The van der Waals surface area contributed by atoms with Gasteiger partial charge in [-0.15, -0.1) is 5.10 Å². The summed E-state index contributed by atoms with van der Waals surface area (Å²) in [4.78, 5) is 18.1. The van der Waals surface area contributed by atoms with Crippen LogP contribution in [0.2, 0.25) is 0 Å². The van der Waals surface area contributed by atoms with E-state index in [0.29, 0.717) is 5.82 Å². The summed E-state index contributed by atoms with van der Waals surface area (Å²) in [6.45, 7) is 3.98. The third-order valence-corrected chi connectivity index (χ3v) is 3.75. The molecule has 6 nitrogen and oxygen atoms in total. The zero-order valence-electron chi connectivity index (χ0n) is 11.8. The Labute approximate surface area is 113 Å². The van der Waals surface area contributed by atoms with E-state index in [2.05, 4.69) is 15.2 Å². The number of carbonyl (C=O) groups is 1. The maximum atomic E-state index is 12.3. The maximum Gasteiger partial charge on any atom is 0.293 e. The van der Waals surface area contributed by atoms with E-state index in [1.165, 1.54) is 0 Å². The highest BCUT2D eigenvalue weighted by atomic mass is 16.3. The van der Waals surface area contributed by atoms with Crippen molar-refractivity contribution in [2.24, 2.45) is 0 Å². The predicted molar refractivity (Wildman–Crippen MR) is 70.8 cm³/mol. The molecule has 0 aliphatic heterocycles. The second-order valence-corrected chi connectivity index (χ2v) is 5.53. The summed E-state index contributed by atoms with van der Waals surface area (Å²) in [5.41, 5.74) is 0. The van der Waals surface area contributed by atoms with Gasteiger partial charge >= 0.3 is 0 Å². The van der Waals surface area contributed by atoms with Gasteiger partial charge in [0.1, 0.15) is 5.82 Å². The van der Waals surface area contributed by atoms with E-state index >= 15 is 0 Å². The number of rotatable bonds is 3. The summed E-state index contributed by atoms with van der Waals surface area (Å²) in [6.07, 6.45) is 3.23. The van der Waals surface area contributed by atoms with E-state index < -0.39 is 6.10 Å². The summed E-state index contributed by atoms with van der Waals surface area (Å²) < 4.78 is 0. The maximum absolute atomic E-state index is 12.3. The second-order valence-electron chi connectivity index (χ2n) is 5.53. The Morgan fingerprint density at radius 1 is 1.42 bits per heavy atom. The monoisotopic (exact) mass is 266 g/mol. The number of hydrogen-bond donors (Lipinski definition) is 2. The second kappa shape index (κ2) is 5.69. The molecule has 1 aromatic rings. The molecule has 1 saturated carbocycles. The van der Waals surface area contributed by atoms with Crippen LogP contribution in [0.15, 0.2) is 0 Å². The highest BCUT2D eigenvalue weighted by molar-refractivity contribution is 5.90. The molecule has 1 amide bonds. The largest absolute Gasteiger partial charge is 0.391 e. The number of carbonyl (C=O) groups excluding carboxylic acids is 1. The van der Waals surface area contributed by atoms with Crippen molar-refractivity contribution in [2.75, 3.05) is 7.05 Å². The molecule has 106 valence electrons. The van der Waals surface area contributed by atoms with Crippen LogP contribution in [-0.4, -0.2) is 50.3 Å². The topological polar surface area (TPSA) is 82.1 Å². The van der Waals surface area contributed by atoms with Gasteiger partial charge in [-0.25, -0.2) is 4.98 Å². The van der Waals surface area contributed by atoms with Crippen LogP contribution in [0.5, 0.6) is 0 Å². The third kappa shape index (κ3) is 2.94. The zero-order chi connectivity index (χ0) is 14.0. The van der Waals surface area contributed by atoms with Crippen LogP contribution in [-0.2, 0) is 0 Å². The number of likely N-dealkylation sites (N-methyl/N-ethyl adjacent to an activating group) is 1. The molecule has 1 heterocycles. The van der Waals surface area contributed by atoms with E-state index in [9.17, 15) is 9.90 Å². The van der Waals surface area contributed by atoms with Crippen LogP contribution in [0.3, 0.4) is 0 Å². The Hall–Kier alpha value is -1.43. The minimum atomic E-state index is -0.439. The Kier molecular flexibility index (Phi) is 4.19. The first-order chi connectivity index (χ1) is 9.00. The lowest BCUT2D eigenvalue weighted by Crippen LogP contribution is -2.46. The van der Waals surface area contributed by atoms with Gasteiger partial charge in [-0.2, -0.15) is 0 Å². The summed E-state index contributed by atoms with van der Waals surface area (Å²) in [7, 11) is 1.72. The normalized spacial score (nSPS) is 23.6. The molecule has 2 atom stereocenters. The van der Waals surface area contributed by atoms with Crippen molar-refractivity contribution < 1.29 is 9.90 Å². The lowest BCUT2D eigenvalue weighted by atomic mass is 9.91. The van der Waals surface area contributed by atoms with Crippen LogP contribution < -0.4 is 0 Å². The van der Waals surface area contributed by atoms with Gasteiger partial charge in [0.2, 0.25) is 5.82 Å². The minimum Gasteiger partial charge on any atom is -0.391 e. The van der Waals surface area contributed by atoms with Crippen LogP contribution in [0.1, 0.15) is 61.9 Å². The van der Waals surface area contributed by atoms with Gasteiger partial charge in [0.05, 0.1) is 12.1 Å². The van der Waals surface area contributed by atoms with Crippen LogP contribution in [0, 0.1) is 0 Å². The fourth-order valence-corrected chi connectivity index (χ4v) is 2.48. The van der Waals surface area contributed by atoms with Gasteiger partial charge in [0.15, 0.2) is 0 Å². The fraction of sp³-hybridized carbons (Fsp3) is 0.769. The lowest BCUT2D eigenvalue weighted by Gasteiger charge is -2.34. The number of aromatic nitrogens is 3. The van der Waals surface area contributed by atoms with E-state index in [1.807, 2.05) is 13.8 Å². The average Bonchev–Trinajstić information content (AvgIpc) is 2.87. The predicted octanol–water partition coefficient (Wildman–Crippen LogP) is 1.30. The first-order valence-electron chi connectivity index (χ1n) is 6.88. The third-order valence-electron chi connectivity index (χ3n) is 3.75. The molecule has 0 spiro atoms. The fourth-order valence-electron chi connectivity index (χ4n) is 2.48. The zero-order valence-corrected chi connectivity index (χ0v) is 11.8. The molecule has 2 N–H and O–H groups in total. The van der Waals surface area contributed by atoms with Crippen LogP contribution in [0.25, 0.3) is 0 Å². The Morgan fingerprint density at radius 2 is 2.11 bits per heavy atom. The molecule has 0 radical (unpaired) electrons. The molecule has 1 aromatic heterocycles. The molecule has 2 unspecified atom stereocenters. The molecule has 6 heteroatoms. The number of H-pyrrole nitrogens is 1. The SMILES string of the molecule is CC(C)c1nc(C(=O)N(C)C2CCCCC2O)n[nH]1. The number of nitrogens with one attached hydrogen (secondary N) is 1. The lowest BCUT2D eigenvalue weighted by molar-refractivity contribution is 0.0261. The minimum absolute atomic E-state index is 0.123. The molecule has 1 aliphatic carbocycles. The van der Waals surface area contributed by atoms with E-state index in [1.54, 1.807) is 11.9 Å². The first kappa shape index (κ1) is 14.0. The molecular weight excluding hydrogens is 244 g/mol. The summed E-state index contributed by atoms with van der Waals surface area (Å²) in [6, 6.07) is -0.123. The van der Waals surface area contributed by atoms with Crippen molar-refractivity contribution in [1.29, 1.82) is 0 Å². The standard InChI is InChI=1S/C13H22N4O2/c1-8(2)11-14-12(16-15-11)13(19)17(3)9-6-4-5-7-10(9)18/h8-10,18H,4-7H2,1-3H3,(H,14,15,16). The van der Waals surface area contributed by atoms with E-state index in [-0.39, 0.29) is 23.7 Å². The van der Waals surface area contributed by atoms with Crippen molar-refractivity contribution in [3.05, 3.63) is 11.6 Å². The van der Waals surface area contributed by atoms with Crippen molar-refractivity contribution in [3.8, 4) is 0 Å². The Morgan fingerprint density at radius 3 is 2.68 bits per heavy atom. The van der Waals surface area contributed by atoms with Gasteiger partial charge in [-0.1, -0.05) is 26.7 Å². The quantitative estimate of drug-likeness (QED) is 0.864. The van der Waals surface area contributed by atoms with E-state index in [4.69, 9.17) is 0 Å². The van der Waals surface area contributed by atoms with Crippen LogP contribution >= 0.6 is 0 Å². The molecular formula is C13H22N4O2. The average molecular weight is 266 g/mol. The Balaban J connectivity index is 2.09. The summed E-state index contributed by atoms with van der Waals surface area (Å²) in [5, 5.41) is 16.7. The van der Waals surface area contributed by atoms with E-state index in [0.717, 1.165) is 25.7 Å². The molecule has 1 aliphatic rings. The highest BCUT2D eigenvalue weighted by Gasteiger charge is 2.31. The van der Waals surface area contributed by atoms with Gasteiger partial charge in [-0.05, 0) is 12.8 Å². The van der Waals surface area contributed by atoms with Crippen molar-refractivity contribution in [1.82, 2.24) is 20.1 Å². The Bertz CT molecular complexity index is 444. The number of aliphatic hydroxyl groups excluding tert-OH is 1. The van der Waals surface area contributed by atoms with Crippen LogP contribution in [0.4, 0.5) is 0 Å². The van der Waals surface area contributed by atoms with Crippen molar-refractivity contribution in [3.63, 3.8) is 0 Å². The number of hydrogen-bond acceptors (Lipinski definition) is 4. The number of amides is 1. The molecule has 0 saturated heterocycles. The molecule has 0 aromatic carbocycles. The number of aliphatic hydroxyl groups is 1. The molecule has 19 heavy (non-hydrogen) atoms. The van der Waals surface area contributed by atoms with Gasteiger partial charge in [0.25, 0.3) is 5.91 Å². The van der Waals surface area contributed by atoms with Crippen molar-refractivity contribution in [2.45, 2.75) is 57.6 Å². The van der Waals surface area contributed by atoms with Crippen molar-refractivity contribution >= 4 is 5.91 Å². The smallest absolute Gasteiger partial charge is 0.293 e. The first-order valence-corrected chi connectivity index (χ1v) is 6.88. The molecule has 0 bridgehead atoms. The van der Waals surface area contributed by atoms with Gasteiger partial charge in [0, 0.05) is 13.0 Å². The summed E-state index contributed by atoms with van der Waals surface area (Å²) >= 11 is 0. The summed E-state index contributed by atoms with van der Waals surface area (Å²) in [5.74, 6) is 0.874. The highest BCUT2D eigenvalue weighted by Crippen LogP contribution is 2.23.